The van der Waals surface area contributed by atoms with E-state index in [-0.39, 0.29) is 0 Å². The summed E-state index contributed by atoms with van der Waals surface area (Å²) < 4.78 is 6.14. The summed E-state index contributed by atoms with van der Waals surface area (Å²) in [4.78, 5) is 0. The Labute approximate surface area is 85.6 Å². The molecule has 1 aromatic rings. The fraction of sp³-hybridized carbons (Fsp3) is 0.100. The van der Waals surface area contributed by atoms with E-state index in [1.165, 1.54) is 0 Å². The molecule has 0 aromatic heterocycles. The normalized spacial score (nSPS) is 8.92. The topological polar surface area (TPSA) is 33.0 Å². The molecule has 0 radical (unpaired) electrons. The molecule has 1 aromatic carbocycles. The maximum atomic E-state index is 8.77. The van der Waals surface area contributed by atoms with Crippen LogP contribution in [0, 0.1) is 11.3 Å². The molecule has 13 heavy (non-hydrogen) atoms. The first-order valence-corrected chi connectivity index (χ1v) is 4.50. The zero-order chi connectivity index (χ0) is 9.68. The van der Waals surface area contributed by atoms with Gasteiger partial charge in [0.2, 0.25) is 0 Å². The van der Waals surface area contributed by atoms with Crippen LogP contribution in [0.3, 0.4) is 0 Å². The fourth-order valence-corrected chi connectivity index (χ4v) is 1.23. The molecule has 0 heterocycles. The maximum absolute atomic E-state index is 8.77. The number of rotatable bonds is 3. The smallest absolute Gasteiger partial charge is 0.137 e. The zero-order valence-corrected chi connectivity index (χ0v) is 8.54. The Morgan fingerprint density at radius 3 is 3.00 bits per heavy atom. The third kappa shape index (κ3) is 2.60. The Hall–Kier alpha value is -1.27. The van der Waals surface area contributed by atoms with Crippen LogP contribution in [-0.4, -0.2) is 6.61 Å². The number of hydrogen-bond donors (Lipinski definition) is 0. The Morgan fingerprint density at radius 1 is 1.62 bits per heavy atom. The number of benzene rings is 1. The van der Waals surface area contributed by atoms with Crippen LogP contribution in [0.4, 0.5) is 0 Å². The van der Waals surface area contributed by atoms with Gasteiger partial charge in [-0.05, 0) is 18.2 Å². The van der Waals surface area contributed by atoms with Crippen LogP contribution >= 0.6 is 15.9 Å². The molecular weight excluding hydrogens is 230 g/mol. The van der Waals surface area contributed by atoms with E-state index in [1.54, 1.807) is 18.2 Å². The number of halogens is 1. The number of hydrogen-bond acceptors (Lipinski definition) is 2. The van der Waals surface area contributed by atoms with Crippen LogP contribution in [0.1, 0.15) is 5.56 Å². The molecule has 0 unspecified atom stereocenters. The van der Waals surface area contributed by atoms with Gasteiger partial charge in [-0.1, -0.05) is 28.6 Å². The van der Waals surface area contributed by atoms with Gasteiger partial charge in [0.1, 0.15) is 18.4 Å². The molecule has 0 N–H and O–H groups in total. The van der Waals surface area contributed by atoms with Gasteiger partial charge in [0.05, 0.1) is 5.56 Å². The van der Waals surface area contributed by atoms with Gasteiger partial charge >= 0.3 is 0 Å². The van der Waals surface area contributed by atoms with Crippen molar-refractivity contribution in [3.8, 4) is 11.8 Å². The van der Waals surface area contributed by atoms with E-state index >= 15 is 0 Å². The minimum absolute atomic E-state index is 0.413. The summed E-state index contributed by atoms with van der Waals surface area (Å²) in [7, 11) is 0. The Kier molecular flexibility index (Phi) is 3.53. The summed E-state index contributed by atoms with van der Waals surface area (Å²) in [5, 5.41) is 8.77. The number of nitriles is 1. The van der Waals surface area contributed by atoms with E-state index in [2.05, 4.69) is 28.6 Å². The average Bonchev–Trinajstić information content (AvgIpc) is 2.16. The second-order valence-corrected chi connectivity index (χ2v) is 3.27. The van der Waals surface area contributed by atoms with Crippen LogP contribution in [0.15, 0.2) is 35.3 Å². The second kappa shape index (κ2) is 4.68. The van der Waals surface area contributed by atoms with Crippen LogP contribution in [0.2, 0.25) is 0 Å². The van der Waals surface area contributed by atoms with Crippen molar-refractivity contribution in [3.05, 3.63) is 40.9 Å². The summed E-state index contributed by atoms with van der Waals surface area (Å²) in [5.41, 5.74) is 0.524. The van der Waals surface area contributed by atoms with E-state index in [0.29, 0.717) is 17.9 Å². The van der Waals surface area contributed by atoms with Crippen molar-refractivity contribution in [2.75, 3.05) is 6.61 Å². The van der Waals surface area contributed by atoms with Gasteiger partial charge in [0.15, 0.2) is 0 Å². The average molecular weight is 238 g/mol. The van der Waals surface area contributed by atoms with Gasteiger partial charge in [-0.2, -0.15) is 5.26 Å². The molecule has 0 saturated carbocycles. The number of nitrogens with zero attached hydrogens (tertiary/aromatic N) is 1. The highest BCUT2D eigenvalue weighted by atomic mass is 79.9. The first-order chi connectivity index (χ1) is 6.27. The van der Waals surface area contributed by atoms with E-state index in [9.17, 15) is 0 Å². The summed E-state index contributed by atoms with van der Waals surface area (Å²) in [6, 6.07) is 7.37. The minimum atomic E-state index is 0.413. The van der Waals surface area contributed by atoms with Crippen molar-refractivity contribution < 1.29 is 4.74 Å². The summed E-state index contributed by atoms with van der Waals surface area (Å²) in [6.07, 6.45) is 1.64. The highest BCUT2D eigenvalue weighted by molar-refractivity contribution is 9.10. The third-order valence-electron chi connectivity index (χ3n) is 1.42. The van der Waals surface area contributed by atoms with Crippen LogP contribution < -0.4 is 4.74 Å². The molecule has 3 heteroatoms. The monoisotopic (exact) mass is 237 g/mol. The van der Waals surface area contributed by atoms with E-state index in [4.69, 9.17) is 10.00 Å². The lowest BCUT2D eigenvalue weighted by atomic mass is 10.2. The minimum Gasteiger partial charge on any atom is -0.488 e. The van der Waals surface area contributed by atoms with Gasteiger partial charge in [-0.25, -0.2) is 0 Å². The lowest BCUT2D eigenvalue weighted by molar-refractivity contribution is 0.362. The molecule has 0 bridgehead atoms. The van der Waals surface area contributed by atoms with Crippen molar-refractivity contribution in [2.24, 2.45) is 0 Å². The molecule has 2 nitrogen and oxygen atoms in total. The van der Waals surface area contributed by atoms with Gasteiger partial charge in [0.25, 0.3) is 0 Å². The van der Waals surface area contributed by atoms with Crippen LogP contribution in [0.5, 0.6) is 5.75 Å². The molecule has 0 aliphatic heterocycles. The van der Waals surface area contributed by atoms with Gasteiger partial charge < -0.3 is 4.74 Å². The van der Waals surface area contributed by atoms with E-state index < -0.39 is 0 Å². The highest BCUT2D eigenvalue weighted by Gasteiger charge is 2.02. The Bertz CT molecular complexity index is 354. The molecule has 66 valence electrons. The summed E-state index contributed by atoms with van der Waals surface area (Å²) in [6.45, 7) is 3.94. The molecular formula is C10H8BrNO. The Balaban J connectivity index is 2.94. The predicted molar refractivity (Wildman–Crippen MR) is 54.5 cm³/mol. The molecule has 0 amide bonds. The van der Waals surface area contributed by atoms with Crippen LogP contribution in [0.25, 0.3) is 0 Å². The van der Waals surface area contributed by atoms with Gasteiger partial charge in [-0.3, -0.25) is 0 Å². The lowest BCUT2D eigenvalue weighted by Crippen LogP contribution is -1.94. The SMILES string of the molecule is C=CCOc1ccc(Br)cc1C#N. The van der Waals surface area contributed by atoms with Gasteiger partial charge in [-0.15, -0.1) is 0 Å². The van der Waals surface area contributed by atoms with E-state index in [1.807, 2.05) is 6.07 Å². The highest BCUT2D eigenvalue weighted by Crippen LogP contribution is 2.22. The van der Waals surface area contributed by atoms with Crippen molar-refractivity contribution in [1.29, 1.82) is 5.26 Å². The molecule has 0 saturated heterocycles. The molecule has 0 spiro atoms. The summed E-state index contributed by atoms with van der Waals surface area (Å²) >= 11 is 3.28. The summed E-state index contributed by atoms with van der Waals surface area (Å²) in [5.74, 6) is 0.589. The first-order valence-electron chi connectivity index (χ1n) is 3.71. The molecule has 0 atom stereocenters. The zero-order valence-electron chi connectivity index (χ0n) is 6.96. The maximum Gasteiger partial charge on any atom is 0.137 e. The van der Waals surface area contributed by atoms with Crippen molar-refractivity contribution in [2.45, 2.75) is 0 Å². The van der Waals surface area contributed by atoms with Crippen LogP contribution in [-0.2, 0) is 0 Å². The third-order valence-corrected chi connectivity index (χ3v) is 1.91. The molecule has 0 aliphatic carbocycles. The van der Waals surface area contributed by atoms with Crippen molar-refractivity contribution in [1.82, 2.24) is 0 Å². The molecule has 0 fully saturated rings. The quantitative estimate of drug-likeness (QED) is 0.758. The second-order valence-electron chi connectivity index (χ2n) is 2.35. The largest absolute Gasteiger partial charge is 0.488 e. The first kappa shape index (κ1) is 9.82. The fourth-order valence-electron chi connectivity index (χ4n) is 0.864. The lowest BCUT2D eigenvalue weighted by Gasteiger charge is -2.04. The number of ether oxygens (including phenoxy) is 1. The van der Waals surface area contributed by atoms with Crippen molar-refractivity contribution in [3.63, 3.8) is 0 Å². The predicted octanol–water partition coefficient (Wildman–Crippen LogP) is 2.89. The van der Waals surface area contributed by atoms with Crippen molar-refractivity contribution >= 4 is 15.9 Å². The Morgan fingerprint density at radius 2 is 2.38 bits per heavy atom. The molecule has 1 rings (SSSR count). The van der Waals surface area contributed by atoms with Gasteiger partial charge in [0, 0.05) is 4.47 Å². The molecule has 0 aliphatic rings. The van der Waals surface area contributed by atoms with E-state index in [0.717, 1.165) is 4.47 Å². The standard InChI is InChI=1S/C10H8BrNO/c1-2-5-13-10-4-3-9(11)6-8(10)7-12/h2-4,6H,1,5H2.